The van der Waals surface area contributed by atoms with Gasteiger partial charge >= 0.3 is 0 Å². The number of hydrogen-bond acceptors (Lipinski definition) is 4. The number of amides is 1. The maximum atomic E-state index is 12.4. The normalized spacial score (nSPS) is 16.2. The second-order valence-corrected chi connectivity index (χ2v) is 6.68. The van der Waals surface area contributed by atoms with E-state index in [9.17, 15) is 9.90 Å². The zero-order valence-corrected chi connectivity index (χ0v) is 14.2. The summed E-state index contributed by atoms with van der Waals surface area (Å²) in [4.78, 5) is 12.4. The fourth-order valence-electron chi connectivity index (χ4n) is 2.90. The molecule has 0 saturated heterocycles. The molecule has 0 bridgehead atoms. The fraction of sp³-hybridized carbons (Fsp3) is 0.500. The lowest BCUT2D eigenvalue weighted by Gasteiger charge is -2.14. The Morgan fingerprint density at radius 3 is 2.88 bits per heavy atom. The summed E-state index contributed by atoms with van der Waals surface area (Å²) in [6.07, 6.45) is 7.81. The Hall–Kier alpha value is -2.21. The van der Waals surface area contributed by atoms with Gasteiger partial charge in [-0.1, -0.05) is 25.5 Å². The highest BCUT2D eigenvalue weighted by Gasteiger charge is 2.19. The standard InChI is InChI=1S/C18H24N4O2/c1-12(2)16(23)17-21-20-15-9-8-14(11-22(15)17)18(24)19-10-13-6-4-3-5-7-13/h6,8-9,11-12,16,23H,3-5,7,10H2,1-2H3,(H,19,24). The van der Waals surface area contributed by atoms with Gasteiger partial charge in [-0.05, 0) is 43.7 Å². The molecule has 0 spiro atoms. The topological polar surface area (TPSA) is 79.5 Å². The number of aromatic nitrogens is 3. The molecule has 128 valence electrons. The highest BCUT2D eigenvalue weighted by atomic mass is 16.3. The van der Waals surface area contributed by atoms with Crippen LogP contribution in [0.5, 0.6) is 0 Å². The largest absolute Gasteiger partial charge is 0.385 e. The van der Waals surface area contributed by atoms with Gasteiger partial charge in [0.25, 0.3) is 5.91 Å². The van der Waals surface area contributed by atoms with Crippen molar-refractivity contribution in [2.45, 2.75) is 45.6 Å². The maximum absolute atomic E-state index is 12.4. The lowest BCUT2D eigenvalue weighted by molar-refractivity contribution is 0.0955. The second kappa shape index (κ2) is 7.13. The minimum absolute atomic E-state index is 0.0214. The molecule has 6 nitrogen and oxygen atoms in total. The van der Waals surface area contributed by atoms with Gasteiger partial charge in [0.15, 0.2) is 11.5 Å². The summed E-state index contributed by atoms with van der Waals surface area (Å²) in [6.45, 7) is 4.43. The molecule has 3 rings (SSSR count). The molecule has 1 aliphatic rings. The Morgan fingerprint density at radius 1 is 1.33 bits per heavy atom. The number of allylic oxidation sites excluding steroid dienone is 1. The highest BCUT2D eigenvalue weighted by Crippen LogP contribution is 2.21. The first-order valence-corrected chi connectivity index (χ1v) is 8.55. The van der Waals surface area contributed by atoms with Crippen LogP contribution < -0.4 is 5.32 Å². The van der Waals surface area contributed by atoms with E-state index in [-0.39, 0.29) is 11.8 Å². The van der Waals surface area contributed by atoms with Gasteiger partial charge in [-0.3, -0.25) is 9.20 Å². The summed E-state index contributed by atoms with van der Waals surface area (Å²) in [7, 11) is 0. The third kappa shape index (κ3) is 3.48. The van der Waals surface area contributed by atoms with E-state index in [0.717, 1.165) is 12.8 Å². The van der Waals surface area contributed by atoms with E-state index in [1.807, 2.05) is 13.8 Å². The molecular weight excluding hydrogens is 304 g/mol. The predicted octanol–water partition coefficient (Wildman–Crippen LogP) is 2.65. The number of carbonyl (C=O) groups is 1. The van der Waals surface area contributed by atoms with Crippen molar-refractivity contribution in [3.05, 3.63) is 41.4 Å². The van der Waals surface area contributed by atoms with Gasteiger partial charge in [0, 0.05) is 12.7 Å². The first-order valence-electron chi connectivity index (χ1n) is 8.55. The molecule has 2 heterocycles. The van der Waals surface area contributed by atoms with Crippen molar-refractivity contribution in [1.82, 2.24) is 19.9 Å². The van der Waals surface area contributed by atoms with Gasteiger partial charge < -0.3 is 10.4 Å². The summed E-state index contributed by atoms with van der Waals surface area (Å²) < 4.78 is 1.69. The van der Waals surface area contributed by atoms with Crippen LogP contribution in [0.25, 0.3) is 5.65 Å². The Kier molecular flexibility index (Phi) is 4.94. The molecule has 0 fully saturated rings. The molecule has 1 aliphatic carbocycles. The van der Waals surface area contributed by atoms with E-state index < -0.39 is 6.10 Å². The maximum Gasteiger partial charge on any atom is 0.253 e. The molecular formula is C18H24N4O2. The molecule has 0 radical (unpaired) electrons. The van der Waals surface area contributed by atoms with Crippen molar-refractivity contribution < 1.29 is 9.90 Å². The summed E-state index contributed by atoms with van der Waals surface area (Å²) in [6, 6.07) is 3.48. The summed E-state index contributed by atoms with van der Waals surface area (Å²) >= 11 is 0. The Morgan fingerprint density at radius 2 is 2.17 bits per heavy atom. The van der Waals surface area contributed by atoms with Gasteiger partial charge in [-0.2, -0.15) is 0 Å². The minimum atomic E-state index is -0.717. The summed E-state index contributed by atoms with van der Waals surface area (Å²) in [5.41, 5.74) is 2.46. The van der Waals surface area contributed by atoms with Crippen molar-refractivity contribution in [2.75, 3.05) is 6.54 Å². The van der Waals surface area contributed by atoms with Crippen LogP contribution in [-0.4, -0.2) is 32.2 Å². The number of fused-ring (bicyclic) bond motifs is 1. The average Bonchev–Trinajstić information content (AvgIpc) is 3.02. The fourth-order valence-corrected chi connectivity index (χ4v) is 2.90. The number of aliphatic hydroxyl groups excluding tert-OH is 1. The number of pyridine rings is 1. The van der Waals surface area contributed by atoms with Crippen LogP contribution in [0.3, 0.4) is 0 Å². The van der Waals surface area contributed by atoms with E-state index in [4.69, 9.17) is 0 Å². The van der Waals surface area contributed by atoms with E-state index in [1.165, 1.54) is 18.4 Å². The van der Waals surface area contributed by atoms with Gasteiger partial charge in [-0.15, -0.1) is 10.2 Å². The van der Waals surface area contributed by atoms with Crippen LogP contribution in [0, 0.1) is 5.92 Å². The summed E-state index contributed by atoms with van der Waals surface area (Å²) in [5.74, 6) is 0.361. The molecule has 1 amide bonds. The van der Waals surface area contributed by atoms with Gasteiger partial charge in [0.1, 0.15) is 6.10 Å². The van der Waals surface area contributed by atoms with Crippen LogP contribution >= 0.6 is 0 Å². The Labute approximate surface area is 141 Å². The number of hydrogen-bond donors (Lipinski definition) is 2. The average molecular weight is 328 g/mol. The van der Waals surface area contributed by atoms with Gasteiger partial charge in [-0.25, -0.2) is 0 Å². The quantitative estimate of drug-likeness (QED) is 0.827. The first-order chi connectivity index (χ1) is 11.6. The smallest absolute Gasteiger partial charge is 0.253 e. The van der Waals surface area contributed by atoms with Crippen LogP contribution in [0.2, 0.25) is 0 Å². The van der Waals surface area contributed by atoms with Crippen molar-refractivity contribution in [3.8, 4) is 0 Å². The summed E-state index contributed by atoms with van der Waals surface area (Å²) in [5, 5.41) is 21.3. The molecule has 1 unspecified atom stereocenters. The molecule has 0 aromatic carbocycles. The third-order valence-corrected chi connectivity index (χ3v) is 4.45. The van der Waals surface area contributed by atoms with E-state index >= 15 is 0 Å². The molecule has 2 N–H and O–H groups in total. The van der Waals surface area contributed by atoms with Gasteiger partial charge in [0.05, 0.1) is 5.56 Å². The first kappa shape index (κ1) is 16.6. The molecule has 0 aliphatic heterocycles. The van der Waals surface area contributed by atoms with Crippen LogP contribution in [0.1, 0.15) is 61.8 Å². The molecule has 24 heavy (non-hydrogen) atoms. The lowest BCUT2D eigenvalue weighted by Crippen LogP contribution is -2.26. The number of nitrogens with zero attached hydrogens (tertiary/aromatic N) is 3. The van der Waals surface area contributed by atoms with Crippen molar-refractivity contribution >= 4 is 11.6 Å². The van der Waals surface area contributed by atoms with Gasteiger partial charge in [0.2, 0.25) is 0 Å². The lowest BCUT2D eigenvalue weighted by atomic mass is 10.00. The Bertz CT molecular complexity index is 763. The van der Waals surface area contributed by atoms with E-state index in [0.29, 0.717) is 23.6 Å². The second-order valence-electron chi connectivity index (χ2n) is 6.68. The van der Waals surface area contributed by atoms with Crippen LogP contribution in [0.4, 0.5) is 0 Å². The number of aliphatic hydroxyl groups is 1. The molecule has 1 atom stereocenters. The Balaban J connectivity index is 1.77. The number of rotatable bonds is 5. The van der Waals surface area contributed by atoms with Crippen molar-refractivity contribution in [3.63, 3.8) is 0 Å². The highest BCUT2D eigenvalue weighted by molar-refractivity contribution is 5.94. The molecule has 2 aromatic heterocycles. The monoisotopic (exact) mass is 328 g/mol. The molecule has 0 saturated carbocycles. The zero-order valence-electron chi connectivity index (χ0n) is 14.2. The predicted molar refractivity (Wildman–Crippen MR) is 91.7 cm³/mol. The zero-order chi connectivity index (χ0) is 17.1. The SMILES string of the molecule is CC(C)C(O)c1nnc2ccc(C(=O)NCC3=CCCCC3)cn12. The third-order valence-electron chi connectivity index (χ3n) is 4.45. The molecule has 2 aromatic rings. The molecule has 6 heteroatoms. The minimum Gasteiger partial charge on any atom is -0.385 e. The number of carbonyl (C=O) groups excluding carboxylic acids is 1. The van der Waals surface area contributed by atoms with Crippen molar-refractivity contribution in [1.29, 1.82) is 0 Å². The van der Waals surface area contributed by atoms with Crippen molar-refractivity contribution in [2.24, 2.45) is 5.92 Å². The van der Waals surface area contributed by atoms with E-state index in [1.54, 1.807) is 22.7 Å². The van der Waals surface area contributed by atoms with E-state index in [2.05, 4.69) is 21.6 Å². The number of nitrogens with one attached hydrogen (secondary N) is 1. The van der Waals surface area contributed by atoms with Crippen LogP contribution in [-0.2, 0) is 0 Å². The van der Waals surface area contributed by atoms with Crippen LogP contribution in [0.15, 0.2) is 30.0 Å².